The van der Waals surface area contributed by atoms with E-state index in [1.807, 2.05) is 99.6 Å². The fourth-order valence-corrected chi connectivity index (χ4v) is 8.50. The number of nitrogens with two attached hydrogens (primary N) is 1. The zero-order valence-corrected chi connectivity index (χ0v) is 41.2. The monoisotopic (exact) mass is 949 g/mol. The van der Waals surface area contributed by atoms with Crippen molar-refractivity contribution in [3.63, 3.8) is 0 Å². The van der Waals surface area contributed by atoms with Crippen molar-refractivity contribution in [2.75, 3.05) is 61.2 Å². The maximum Gasteiger partial charge on any atom is 0.323 e. The number of hydrogen-bond donors (Lipinski definition) is 7. The molecule has 2 heterocycles. The molecule has 15 heteroatoms. The summed E-state index contributed by atoms with van der Waals surface area (Å²) in [6, 6.07) is 35.0. The van der Waals surface area contributed by atoms with Crippen molar-refractivity contribution in [1.82, 2.24) is 20.5 Å². The van der Waals surface area contributed by atoms with Crippen LogP contribution in [0.3, 0.4) is 0 Å². The van der Waals surface area contributed by atoms with Gasteiger partial charge in [0, 0.05) is 72.2 Å². The smallest absolute Gasteiger partial charge is 0.323 e. The molecule has 5 aromatic carbocycles. The minimum absolute atomic E-state index is 0.213. The molecule has 6 aromatic rings. The molecule has 70 heavy (non-hydrogen) atoms. The zero-order valence-electron chi connectivity index (χ0n) is 41.2. The number of carbonyl (C=O) groups excluding carboxylic acids is 3. The second-order valence-electron chi connectivity index (χ2n) is 18.5. The summed E-state index contributed by atoms with van der Waals surface area (Å²) < 4.78 is 17.9. The van der Waals surface area contributed by atoms with Gasteiger partial charge in [0.2, 0.25) is 0 Å². The quantitative estimate of drug-likeness (QED) is 0.0307. The number of nitrogens with one attached hydrogen (secondary N) is 6. The van der Waals surface area contributed by atoms with E-state index in [2.05, 4.69) is 62.6 Å². The molecule has 1 aliphatic heterocycles. The molecule has 1 aliphatic rings. The highest BCUT2D eigenvalue weighted by Gasteiger charge is 2.37. The molecule has 0 radical (unpaired) electrons. The Morgan fingerprint density at radius 3 is 2.29 bits per heavy atom. The van der Waals surface area contributed by atoms with Crippen molar-refractivity contribution < 1.29 is 34.0 Å². The van der Waals surface area contributed by atoms with Gasteiger partial charge in [-0.2, -0.15) is 0 Å². The number of hydrogen-bond acceptors (Lipinski definition) is 9. The number of anilines is 4. The van der Waals surface area contributed by atoms with E-state index in [4.69, 9.17) is 19.6 Å². The number of benzene rings is 5. The molecule has 366 valence electrons. The highest BCUT2D eigenvalue weighted by Crippen LogP contribution is 2.33. The van der Waals surface area contributed by atoms with Crippen molar-refractivity contribution in [2.24, 2.45) is 11.3 Å². The van der Waals surface area contributed by atoms with Gasteiger partial charge in [-0.05, 0) is 118 Å². The molecule has 0 spiro atoms. The van der Waals surface area contributed by atoms with Crippen LogP contribution in [0.1, 0.15) is 61.3 Å². The Kier molecular flexibility index (Phi) is 16.7. The van der Waals surface area contributed by atoms with E-state index in [-0.39, 0.29) is 35.7 Å². The molecule has 3 unspecified atom stereocenters. The molecular formula is C55H66N9O6+. The van der Waals surface area contributed by atoms with Gasteiger partial charge in [0.05, 0.1) is 24.3 Å². The van der Waals surface area contributed by atoms with Crippen LogP contribution in [0, 0.1) is 25.2 Å². The highest BCUT2D eigenvalue weighted by atomic mass is 16.5. The third-order valence-electron chi connectivity index (χ3n) is 12.7. The molecule has 7 rings (SSSR count). The Balaban J connectivity index is 0.944. The van der Waals surface area contributed by atoms with Crippen molar-refractivity contribution in [3.05, 3.63) is 144 Å². The minimum Gasteiger partial charge on any atom is -0.492 e. The van der Waals surface area contributed by atoms with Gasteiger partial charge >= 0.3 is 12.1 Å². The van der Waals surface area contributed by atoms with E-state index in [0.717, 1.165) is 83.7 Å². The Bertz CT molecular complexity index is 2780. The van der Waals surface area contributed by atoms with Crippen LogP contribution >= 0.6 is 0 Å². The number of aryl methyl sites for hydroxylation is 3. The number of morpholine rings is 1. The summed E-state index contributed by atoms with van der Waals surface area (Å²) in [5.74, 6) is 1.16. The predicted octanol–water partition coefficient (Wildman–Crippen LogP) is 8.80. The SMILES string of the molecule is CNC(=O)c1cc(Oc2ccc(NC(=O)Nc3ccc(CCC(C)(C)C(=[NH2+])C(C)C(NC(=O)Nc4ccc(OCCN5CCOC(C)C5)c5ccccc45)Nc4ccc(C)cc4)c(C)c3)cc2)ccn1. The zero-order chi connectivity index (χ0) is 49.8. The maximum absolute atomic E-state index is 14.0. The number of nitrogens with zero attached hydrogens (tertiary/aromatic N) is 2. The van der Waals surface area contributed by atoms with Crippen LogP contribution in [-0.4, -0.2) is 85.7 Å². The molecule has 1 fully saturated rings. The molecule has 1 saturated heterocycles. The summed E-state index contributed by atoms with van der Waals surface area (Å²) in [4.78, 5) is 45.3. The van der Waals surface area contributed by atoms with Gasteiger partial charge in [-0.3, -0.25) is 20.1 Å². The maximum atomic E-state index is 14.0. The fourth-order valence-electron chi connectivity index (χ4n) is 8.50. The van der Waals surface area contributed by atoms with E-state index < -0.39 is 11.6 Å². The number of aromatic nitrogens is 1. The number of fused-ring (bicyclic) bond motifs is 1. The molecule has 0 aliphatic carbocycles. The van der Waals surface area contributed by atoms with E-state index in [0.29, 0.717) is 35.2 Å². The molecule has 3 atom stereocenters. The van der Waals surface area contributed by atoms with Crippen LogP contribution in [0.4, 0.5) is 32.3 Å². The minimum atomic E-state index is -0.555. The largest absolute Gasteiger partial charge is 0.492 e. The molecule has 5 amide bonds. The van der Waals surface area contributed by atoms with Gasteiger partial charge in [0.25, 0.3) is 5.91 Å². The first-order valence-corrected chi connectivity index (χ1v) is 23.8. The van der Waals surface area contributed by atoms with Crippen molar-refractivity contribution in [3.8, 4) is 17.2 Å². The first-order valence-electron chi connectivity index (χ1n) is 23.8. The Hall–Kier alpha value is -7.49. The number of ether oxygens (including phenoxy) is 3. The van der Waals surface area contributed by atoms with Gasteiger partial charge in [0.15, 0.2) is 5.71 Å². The van der Waals surface area contributed by atoms with Crippen LogP contribution in [0.25, 0.3) is 10.8 Å². The Morgan fingerprint density at radius 1 is 0.843 bits per heavy atom. The third-order valence-corrected chi connectivity index (χ3v) is 12.7. The predicted molar refractivity (Wildman–Crippen MR) is 278 cm³/mol. The number of rotatable bonds is 19. The summed E-state index contributed by atoms with van der Waals surface area (Å²) in [6.45, 7) is 16.3. The summed E-state index contributed by atoms with van der Waals surface area (Å²) in [7, 11) is 1.54. The normalized spacial score (nSPS) is 14.7. The van der Waals surface area contributed by atoms with Gasteiger partial charge in [-0.25, -0.2) is 9.59 Å². The summed E-state index contributed by atoms with van der Waals surface area (Å²) in [6.07, 6.45) is 2.64. The molecule has 0 bridgehead atoms. The van der Waals surface area contributed by atoms with Crippen LogP contribution in [0.15, 0.2) is 121 Å². The molecule has 1 aromatic heterocycles. The lowest BCUT2D eigenvalue weighted by atomic mass is 9.75. The van der Waals surface area contributed by atoms with Crippen LogP contribution in [0.5, 0.6) is 17.2 Å². The van der Waals surface area contributed by atoms with Gasteiger partial charge < -0.3 is 46.1 Å². The number of pyridine rings is 1. The summed E-state index contributed by atoms with van der Waals surface area (Å²) in [5, 5.41) is 27.1. The molecule has 15 nitrogen and oxygen atoms in total. The standard InChI is InChI=1S/C55H65N9O6/c1-35-12-15-40(16-13-35)59-51(63-54(67)62-47-22-23-49(46-11-9-8-10-45(46)47)69-31-29-64-28-30-68-37(3)34-64)38(4)50(56)55(5,6)26-24-39-14-17-42(32-36(39)2)61-53(66)60-41-18-20-43(21-19-41)70-44-25-27-58-48(33-44)52(65)57-7/h8-23,25,27,32-33,37-38,51,56,59H,24,26,28-31,34H2,1-7H3,(H,57,65)(H2,60,61,66)(H2,62,63,67)/p+1. The van der Waals surface area contributed by atoms with Crippen molar-refractivity contribution in [1.29, 1.82) is 0 Å². The van der Waals surface area contributed by atoms with E-state index in [1.165, 1.54) is 13.2 Å². The lowest BCUT2D eigenvalue weighted by Crippen LogP contribution is -2.59. The summed E-state index contributed by atoms with van der Waals surface area (Å²) in [5.41, 5.74) is 6.61. The second-order valence-corrected chi connectivity index (χ2v) is 18.5. The van der Waals surface area contributed by atoms with E-state index in [1.54, 1.807) is 36.4 Å². The van der Waals surface area contributed by atoms with Crippen LogP contribution < -0.4 is 46.8 Å². The summed E-state index contributed by atoms with van der Waals surface area (Å²) >= 11 is 0. The Labute approximate surface area is 410 Å². The number of carbonyl (C=O) groups is 3. The topological polar surface area (TPSA) is 193 Å². The number of urea groups is 2. The fraction of sp³-hybridized carbons (Fsp3) is 0.327. The molecular weight excluding hydrogens is 883 g/mol. The van der Waals surface area contributed by atoms with E-state index >= 15 is 0 Å². The van der Waals surface area contributed by atoms with Crippen molar-refractivity contribution >= 4 is 57.2 Å². The lowest BCUT2D eigenvalue weighted by molar-refractivity contribution is -0.131. The molecule has 8 N–H and O–H groups in total. The number of amides is 5. The average Bonchev–Trinajstić information content (AvgIpc) is 3.34. The first-order chi connectivity index (χ1) is 33.6. The average molecular weight is 949 g/mol. The van der Waals surface area contributed by atoms with Crippen LogP contribution in [0.2, 0.25) is 0 Å². The first kappa shape index (κ1) is 50.4. The van der Waals surface area contributed by atoms with E-state index in [9.17, 15) is 14.4 Å². The van der Waals surface area contributed by atoms with Crippen molar-refractivity contribution in [2.45, 2.75) is 66.7 Å². The van der Waals surface area contributed by atoms with Gasteiger partial charge in [-0.1, -0.05) is 61.9 Å². The third kappa shape index (κ3) is 13.6. The molecule has 0 saturated carbocycles. The van der Waals surface area contributed by atoms with Gasteiger partial charge in [0.1, 0.15) is 35.7 Å². The lowest BCUT2D eigenvalue weighted by Gasteiger charge is -2.32. The highest BCUT2D eigenvalue weighted by molar-refractivity contribution is 6.04. The Morgan fingerprint density at radius 2 is 1.56 bits per heavy atom. The second kappa shape index (κ2) is 23.2. The van der Waals surface area contributed by atoms with Gasteiger partial charge in [-0.15, -0.1) is 0 Å². The van der Waals surface area contributed by atoms with Crippen LogP contribution in [-0.2, 0) is 11.2 Å².